The van der Waals surface area contributed by atoms with Crippen LogP contribution in [-0.2, 0) is 0 Å². The summed E-state index contributed by atoms with van der Waals surface area (Å²) >= 11 is 0. The smallest absolute Gasteiger partial charge is 0.0438 e. The zero-order valence-electron chi connectivity index (χ0n) is 8.54. The second kappa shape index (κ2) is 4.45. The summed E-state index contributed by atoms with van der Waals surface area (Å²) in [6, 6.07) is 0. The van der Waals surface area contributed by atoms with Gasteiger partial charge in [-0.2, -0.15) is 0 Å². The third-order valence-electron chi connectivity index (χ3n) is 3.89. The highest BCUT2D eigenvalue weighted by atomic mass is 15.1. The van der Waals surface area contributed by atoms with E-state index in [9.17, 15) is 0 Å². The predicted octanol–water partition coefficient (Wildman–Crippen LogP) is 2.95. The second-order valence-electron chi connectivity index (χ2n) is 4.77. The molecule has 0 aromatic carbocycles. The van der Waals surface area contributed by atoms with Crippen LogP contribution in [0.3, 0.4) is 0 Å². The molecule has 0 unspecified atom stereocenters. The van der Waals surface area contributed by atoms with Crippen molar-refractivity contribution in [3.05, 3.63) is 7.05 Å². The van der Waals surface area contributed by atoms with E-state index in [4.69, 9.17) is 7.05 Å². The fourth-order valence-corrected chi connectivity index (χ4v) is 3.00. The van der Waals surface area contributed by atoms with Crippen molar-refractivity contribution in [3.8, 4) is 0 Å². The van der Waals surface area contributed by atoms with E-state index in [1.165, 1.54) is 44.9 Å². The zero-order valence-corrected chi connectivity index (χ0v) is 8.54. The van der Waals surface area contributed by atoms with Crippen molar-refractivity contribution in [2.24, 2.45) is 11.8 Å². The van der Waals surface area contributed by atoms with Crippen molar-refractivity contribution >= 4 is 0 Å². The van der Waals surface area contributed by atoms with Gasteiger partial charge in [0.15, 0.2) is 0 Å². The van der Waals surface area contributed by atoms with Gasteiger partial charge in [0.2, 0.25) is 0 Å². The lowest BCUT2D eigenvalue weighted by atomic mass is 9.76. The molecular weight excluding hydrogens is 158 g/mol. The molecule has 0 atom stereocenters. The molecule has 2 rings (SSSR count). The minimum atomic E-state index is 1.00. The van der Waals surface area contributed by atoms with Crippen LogP contribution < -0.4 is 0 Å². The largest absolute Gasteiger partial charge is 0.297 e. The fourth-order valence-electron chi connectivity index (χ4n) is 3.00. The number of likely N-dealkylation sites (tertiary alicyclic amines) is 1. The van der Waals surface area contributed by atoms with Crippen LogP contribution in [-0.4, -0.2) is 18.0 Å². The second-order valence-corrected chi connectivity index (χ2v) is 4.77. The van der Waals surface area contributed by atoms with Crippen LogP contribution in [0.2, 0.25) is 0 Å². The summed E-state index contributed by atoms with van der Waals surface area (Å²) < 4.78 is 0. The summed E-state index contributed by atoms with van der Waals surface area (Å²) in [5, 5.41) is 0. The van der Waals surface area contributed by atoms with Gasteiger partial charge in [0.25, 0.3) is 0 Å². The molecule has 1 aliphatic carbocycles. The molecule has 2 aliphatic rings. The van der Waals surface area contributed by atoms with E-state index in [2.05, 4.69) is 0 Å². The van der Waals surface area contributed by atoms with Gasteiger partial charge in [0.1, 0.15) is 0 Å². The SMILES string of the molecule is [CH]N1CCC(C2CCCCC2)CC1. The molecule has 13 heavy (non-hydrogen) atoms. The van der Waals surface area contributed by atoms with E-state index < -0.39 is 0 Å². The first-order chi connectivity index (χ1) is 6.36. The summed E-state index contributed by atoms with van der Waals surface area (Å²) in [5.74, 6) is 2.04. The number of piperidine rings is 1. The number of hydrogen-bond donors (Lipinski definition) is 0. The van der Waals surface area contributed by atoms with Gasteiger partial charge >= 0.3 is 0 Å². The van der Waals surface area contributed by atoms with Gasteiger partial charge in [-0.3, -0.25) is 4.90 Å². The Morgan fingerprint density at radius 3 is 1.92 bits per heavy atom. The van der Waals surface area contributed by atoms with Crippen LogP contribution in [0, 0.1) is 18.9 Å². The first kappa shape index (κ1) is 9.51. The van der Waals surface area contributed by atoms with Crippen LogP contribution in [0.15, 0.2) is 0 Å². The van der Waals surface area contributed by atoms with E-state index in [1.54, 1.807) is 0 Å². The Kier molecular flexibility index (Phi) is 3.26. The summed E-state index contributed by atoms with van der Waals surface area (Å²) in [7, 11) is 5.76. The van der Waals surface area contributed by atoms with Crippen LogP contribution in [0.5, 0.6) is 0 Å². The van der Waals surface area contributed by atoms with E-state index in [0.717, 1.165) is 24.9 Å². The molecule has 0 bridgehead atoms. The first-order valence-corrected chi connectivity index (χ1v) is 5.86. The van der Waals surface area contributed by atoms with Gasteiger partial charge < -0.3 is 0 Å². The van der Waals surface area contributed by atoms with E-state index >= 15 is 0 Å². The van der Waals surface area contributed by atoms with Crippen molar-refractivity contribution < 1.29 is 0 Å². The van der Waals surface area contributed by atoms with Crippen LogP contribution in [0.4, 0.5) is 0 Å². The lowest BCUT2D eigenvalue weighted by Crippen LogP contribution is -2.32. The quantitative estimate of drug-likeness (QED) is 0.598. The number of rotatable bonds is 1. The molecule has 0 spiro atoms. The average Bonchev–Trinajstić information content (AvgIpc) is 2.20. The Bertz CT molecular complexity index is 141. The molecule has 2 radical (unpaired) electrons. The number of nitrogens with zero attached hydrogens (tertiary/aromatic N) is 1. The van der Waals surface area contributed by atoms with Gasteiger partial charge in [-0.15, -0.1) is 0 Å². The highest BCUT2D eigenvalue weighted by Crippen LogP contribution is 2.35. The van der Waals surface area contributed by atoms with Gasteiger partial charge in [-0.25, -0.2) is 0 Å². The standard InChI is InChI=1S/C12H21N/c1-13-9-7-12(8-10-13)11-5-3-2-4-6-11/h1,11-12H,2-10H2. The van der Waals surface area contributed by atoms with Crippen molar-refractivity contribution in [1.29, 1.82) is 0 Å². The first-order valence-electron chi connectivity index (χ1n) is 5.86. The minimum absolute atomic E-state index is 1.00. The lowest BCUT2D eigenvalue weighted by molar-refractivity contribution is 0.154. The fraction of sp³-hybridized carbons (Fsp3) is 0.917. The molecule has 1 saturated heterocycles. The Balaban J connectivity index is 1.79. The monoisotopic (exact) mass is 179 g/mol. The van der Waals surface area contributed by atoms with Gasteiger partial charge in [0.05, 0.1) is 0 Å². The molecule has 1 saturated carbocycles. The maximum absolute atomic E-state index is 5.76. The van der Waals surface area contributed by atoms with Crippen molar-refractivity contribution in [2.45, 2.75) is 44.9 Å². The van der Waals surface area contributed by atoms with E-state index in [-0.39, 0.29) is 0 Å². The number of hydrogen-bond acceptors (Lipinski definition) is 1. The van der Waals surface area contributed by atoms with E-state index in [1.807, 2.05) is 4.90 Å². The molecule has 1 heterocycles. The average molecular weight is 179 g/mol. The third kappa shape index (κ3) is 2.46. The van der Waals surface area contributed by atoms with Crippen LogP contribution >= 0.6 is 0 Å². The molecule has 0 N–H and O–H groups in total. The van der Waals surface area contributed by atoms with Crippen LogP contribution in [0.25, 0.3) is 0 Å². The Labute approximate surface area is 82.5 Å². The topological polar surface area (TPSA) is 3.24 Å². The van der Waals surface area contributed by atoms with E-state index in [0.29, 0.717) is 0 Å². The Morgan fingerprint density at radius 2 is 1.31 bits per heavy atom. The molecule has 0 amide bonds. The normalized spacial score (nSPS) is 29.3. The van der Waals surface area contributed by atoms with Crippen molar-refractivity contribution in [1.82, 2.24) is 4.90 Å². The molecule has 0 aromatic rings. The molecule has 2 fully saturated rings. The molecule has 74 valence electrons. The molecule has 1 nitrogen and oxygen atoms in total. The summed E-state index contributed by atoms with van der Waals surface area (Å²) in [4.78, 5) is 1.99. The Morgan fingerprint density at radius 1 is 0.769 bits per heavy atom. The van der Waals surface area contributed by atoms with Gasteiger partial charge in [-0.1, -0.05) is 32.1 Å². The lowest BCUT2D eigenvalue weighted by Gasteiger charge is -2.35. The van der Waals surface area contributed by atoms with Gasteiger partial charge in [-0.05, 0) is 37.8 Å². The summed E-state index contributed by atoms with van der Waals surface area (Å²) in [6.45, 7) is 2.25. The maximum Gasteiger partial charge on any atom is 0.0438 e. The molecule has 1 aliphatic heterocycles. The van der Waals surface area contributed by atoms with Crippen LogP contribution in [0.1, 0.15) is 44.9 Å². The van der Waals surface area contributed by atoms with Crippen molar-refractivity contribution in [3.63, 3.8) is 0 Å². The third-order valence-corrected chi connectivity index (χ3v) is 3.89. The Hall–Kier alpha value is -0.0400. The van der Waals surface area contributed by atoms with Gasteiger partial charge in [0, 0.05) is 7.05 Å². The summed E-state index contributed by atoms with van der Waals surface area (Å²) in [5.41, 5.74) is 0. The minimum Gasteiger partial charge on any atom is -0.297 e. The zero-order chi connectivity index (χ0) is 9.10. The highest BCUT2D eigenvalue weighted by molar-refractivity contribution is 4.79. The maximum atomic E-state index is 5.76. The predicted molar refractivity (Wildman–Crippen MR) is 55.2 cm³/mol. The van der Waals surface area contributed by atoms with Crippen molar-refractivity contribution in [2.75, 3.05) is 13.1 Å². The highest BCUT2D eigenvalue weighted by Gasteiger charge is 2.26. The summed E-state index contributed by atoms with van der Waals surface area (Å²) in [6.07, 6.45) is 10.1. The molecule has 1 heteroatoms. The molecule has 0 aromatic heterocycles. The molecular formula is C12H21N.